The van der Waals surface area contributed by atoms with Gasteiger partial charge in [0.1, 0.15) is 11.7 Å². The molecule has 2 rings (SSSR count). The van der Waals surface area contributed by atoms with Gasteiger partial charge >= 0.3 is 0 Å². The fourth-order valence-corrected chi connectivity index (χ4v) is 1.66. The van der Waals surface area contributed by atoms with E-state index < -0.39 is 0 Å². The molecule has 0 spiro atoms. The van der Waals surface area contributed by atoms with Gasteiger partial charge in [0.05, 0.1) is 0 Å². The van der Waals surface area contributed by atoms with Gasteiger partial charge in [-0.15, -0.1) is 0 Å². The number of rotatable bonds is 2. The van der Waals surface area contributed by atoms with Gasteiger partial charge in [-0.1, -0.05) is 6.07 Å². The molecular weight excluding hydrogens is 280 g/mol. The van der Waals surface area contributed by atoms with Crippen molar-refractivity contribution >= 4 is 27.6 Å². The van der Waals surface area contributed by atoms with Crippen molar-refractivity contribution in [1.29, 1.82) is 5.41 Å². The second-order valence-corrected chi connectivity index (χ2v) is 4.53. The number of nitrogens with zero attached hydrogens (tertiary/aromatic N) is 2. The first kappa shape index (κ1) is 11.7. The van der Waals surface area contributed by atoms with Crippen molar-refractivity contribution in [2.24, 2.45) is 0 Å². The summed E-state index contributed by atoms with van der Waals surface area (Å²) in [6, 6.07) is 5.62. The molecule has 0 radical (unpaired) electrons. The average molecular weight is 291 g/mol. The van der Waals surface area contributed by atoms with Gasteiger partial charge in [0.15, 0.2) is 0 Å². The van der Waals surface area contributed by atoms with Crippen molar-refractivity contribution in [1.82, 2.24) is 9.97 Å². The van der Waals surface area contributed by atoms with Gasteiger partial charge < -0.3 is 5.32 Å². The Morgan fingerprint density at radius 3 is 2.76 bits per heavy atom. The minimum Gasteiger partial charge on any atom is -0.325 e. The number of anilines is 1. The summed E-state index contributed by atoms with van der Waals surface area (Å²) in [6.45, 7) is 1.97. The summed E-state index contributed by atoms with van der Waals surface area (Å²) < 4.78 is 0.846. The van der Waals surface area contributed by atoms with Gasteiger partial charge in [-0.05, 0) is 40.5 Å². The first-order valence-electron chi connectivity index (χ1n) is 5.04. The van der Waals surface area contributed by atoms with E-state index in [-0.39, 0.29) is 5.84 Å². The van der Waals surface area contributed by atoms with Gasteiger partial charge in [0.25, 0.3) is 0 Å². The van der Waals surface area contributed by atoms with E-state index in [0.29, 0.717) is 11.4 Å². The highest BCUT2D eigenvalue weighted by Crippen LogP contribution is 2.11. The highest BCUT2D eigenvalue weighted by atomic mass is 79.9. The quantitative estimate of drug-likeness (QED) is 0.660. The molecule has 0 aliphatic rings. The van der Waals surface area contributed by atoms with Crippen LogP contribution in [0.4, 0.5) is 5.82 Å². The summed E-state index contributed by atoms with van der Waals surface area (Å²) in [7, 11) is 0. The summed E-state index contributed by atoms with van der Waals surface area (Å²) in [5, 5.41) is 10.8. The van der Waals surface area contributed by atoms with E-state index in [0.717, 1.165) is 10.0 Å². The van der Waals surface area contributed by atoms with Crippen molar-refractivity contribution < 1.29 is 0 Å². The van der Waals surface area contributed by atoms with Crippen LogP contribution in [-0.4, -0.2) is 15.8 Å². The lowest BCUT2D eigenvalue weighted by atomic mass is 10.2. The zero-order valence-electron chi connectivity index (χ0n) is 9.24. The number of aryl methyl sites for hydroxylation is 1. The molecule has 86 valence electrons. The molecule has 0 saturated carbocycles. The molecule has 0 saturated heterocycles. The minimum absolute atomic E-state index is 0.273. The number of hydrogen-bond acceptors (Lipinski definition) is 3. The van der Waals surface area contributed by atoms with Crippen LogP contribution < -0.4 is 5.32 Å². The Bertz CT molecular complexity index is 536. The number of aromatic nitrogens is 2. The summed E-state index contributed by atoms with van der Waals surface area (Å²) >= 11 is 3.32. The fraction of sp³-hybridized carbons (Fsp3) is 0.0833. The predicted octanol–water partition coefficient (Wildman–Crippen LogP) is 2.98. The van der Waals surface area contributed by atoms with Crippen molar-refractivity contribution in [2.75, 3.05) is 5.32 Å². The molecule has 0 bridgehead atoms. The monoisotopic (exact) mass is 290 g/mol. The van der Waals surface area contributed by atoms with Crippen LogP contribution in [0.2, 0.25) is 0 Å². The zero-order chi connectivity index (χ0) is 12.3. The molecule has 0 aliphatic carbocycles. The number of hydrogen-bond donors (Lipinski definition) is 2. The number of halogens is 1. The summed E-state index contributed by atoms with van der Waals surface area (Å²) in [4.78, 5) is 8.20. The van der Waals surface area contributed by atoms with E-state index in [1.807, 2.05) is 25.1 Å². The second-order valence-electron chi connectivity index (χ2n) is 3.61. The highest BCUT2D eigenvalue weighted by Gasteiger charge is 2.03. The van der Waals surface area contributed by atoms with E-state index in [1.54, 1.807) is 18.6 Å². The van der Waals surface area contributed by atoms with Gasteiger partial charge in [0, 0.05) is 28.6 Å². The van der Waals surface area contributed by atoms with Crippen molar-refractivity contribution in [2.45, 2.75) is 6.92 Å². The molecular formula is C12H11BrN4. The fourth-order valence-electron chi connectivity index (χ4n) is 1.29. The molecule has 0 fully saturated rings. The minimum atomic E-state index is 0.273. The third-order valence-corrected chi connectivity index (χ3v) is 2.59. The molecule has 2 N–H and O–H groups in total. The molecule has 0 amide bonds. The highest BCUT2D eigenvalue weighted by molar-refractivity contribution is 9.10. The van der Waals surface area contributed by atoms with Gasteiger partial charge in [-0.25, -0.2) is 4.98 Å². The average Bonchev–Trinajstić information content (AvgIpc) is 2.32. The Labute approximate surface area is 108 Å². The van der Waals surface area contributed by atoms with Crippen LogP contribution >= 0.6 is 15.9 Å². The first-order valence-corrected chi connectivity index (χ1v) is 5.83. The molecule has 17 heavy (non-hydrogen) atoms. The molecule has 2 aromatic heterocycles. The maximum atomic E-state index is 7.91. The molecule has 2 heterocycles. The van der Waals surface area contributed by atoms with Gasteiger partial charge in [-0.3, -0.25) is 10.4 Å². The molecule has 2 aromatic rings. The SMILES string of the molecule is Cc1ccc(NC(=N)c2cncc(Br)c2)nc1. The maximum absolute atomic E-state index is 7.91. The van der Waals surface area contributed by atoms with Crippen LogP contribution in [0.15, 0.2) is 41.3 Å². The van der Waals surface area contributed by atoms with E-state index in [2.05, 4.69) is 31.2 Å². The van der Waals surface area contributed by atoms with E-state index in [9.17, 15) is 0 Å². The van der Waals surface area contributed by atoms with Gasteiger partial charge in [0.2, 0.25) is 0 Å². The van der Waals surface area contributed by atoms with Crippen LogP contribution in [0.25, 0.3) is 0 Å². The third kappa shape index (κ3) is 3.10. The predicted molar refractivity (Wildman–Crippen MR) is 71.4 cm³/mol. The van der Waals surface area contributed by atoms with Crippen LogP contribution in [0.5, 0.6) is 0 Å². The van der Waals surface area contributed by atoms with Crippen LogP contribution in [0.3, 0.4) is 0 Å². The standard InChI is InChI=1S/C12H11BrN4/c1-8-2-3-11(16-5-8)17-12(14)9-4-10(13)7-15-6-9/h2-7H,1H3,(H2,14,16,17). The second kappa shape index (κ2) is 5.05. The summed E-state index contributed by atoms with van der Waals surface area (Å²) in [6.07, 6.45) is 5.07. The third-order valence-electron chi connectivity index (χ3n) is 2.16. The Kier molecular flexibility index (Phi) is 3.49. The van der Waals surface area contributed by atoms with Crippen LogP contribution in [-0.2, 0) is 0 Å². The molecule has 0 aliphatic heterocycles. The summed E-state index contributed by atoms with van der Waals surface area (Å²) in [5.41, 5.74) is 1.80. The Hall–Kier alpha value is -1.75. The zero-order valence-corrected chi connectivity index (χ0v) is 10.8. The molecule has 0 unspecified atom stereocenters. The lowest BCUT2D eigenvalue weighted by molar-refractivity contribution is 1.25. The van der Waals surface area contributed by atoms with Crippen molar-refractivity contribution in [3.05, 3.63) is 52.4 Å². The Balaban J connectivity index is 2.14. The van der Waals surface area contributed by atoms with E-state index >= 15 is 0 Å². The molecule has 0 atom stereocenters. The van der Waals surface area contributed by atoms with Crippen LogP contribution in [0.1, 0.15) is 11.1 Å². The van der Waals surface area contributed by atoms with E-state index in [1.165, 1.54) is 0 Å². The Morgan fingerprint density at radius 1 is 1.29 bits per heavy atom. The normalized spacial score (nSPS) is 10.0. The van der Waals surface area contributed by atoms with Crippen molar-refractivity contribution in [3.63, 3.8) is 0 Å². The first-order chi connectivity index (χ1) is 8.15. The van der Waals surface area contributed by atoms with Gasteiger partial charge in [-0.2, -0.15) is 0 Å². The number of amidine groups is 1. The Morgan fingerprint density at radius 2 is 2.12 bits per heavy atom. The summed E-state index contributed by atoms with van der Waals surface area (Å²) in [5.74, 6) is 0.927. The smallest absolute Gasteiger partial charge is 0.132 e. The topological polar surface area (TPSA) is 61.7 Å². The van der Waals surface area contributed by atoms with Crippen LogP contribution in [0, 0.1) is 12.3 Å². The van der Waals surface area contributed by atoms with E-state index in [4.69, 9.17) is 5.41 Å². The molecule has 5 heteroatoms. The lowest BCUT2D eigenvalue weighted by Crippen LogP contribution is -2.13. The molecule has 0 aromatic carbocycles. The number of pyridine rings is 2. The maximum Gasteiger partial charge on any atom is 0.132 e. The largest absolute Gasteiger partial charge is 0.325 e. The molecule has 4 nitrogen and oxygen atoms in total. The number of nitrogens with one attached hydrogen (secondary N) is 2. The lowest BCUT2D eigenvalue weighted by Gasteiger charge is -2.07. The van der Waals surface area contributed by atoms with Crippen molar-refractivity contribution in [3.8, 4) is 0 Å².